The van der Waals surface area contributed by atoms with Crippen molar-refractivity contribution in [2.24, 2.45) is 0 Å². The Morgan fingerprint density at radius 1 is 1.35 bits per heavy atom. The highest BCUT2D eigenvalue weighted by molar-refractivity contribution is 6.04. The monoisotopic (exact) mass is 316 g/mol. The van der Waals surface area contributed by atoms with E-state index in [9.17, 15) is 9.18 Å². The summed E-state index contributed by atoms with van der Waals surface area (Å²) in [5.74, 6) is -0.465. The predicted octanol–water partition coefficient (Wildman–Crippen LogP) is 3.03. The first-order chi connectivity index (χ1) is 11.2. The Labute approximate surface area is 133 Å². The van der Waals surface area contributed by atoms with E-state index in [2.05, 4.69) is 10.3 Å². The number of benzene rings is 1. The molecule has 1 atom stereocenters. The number of carbonyl (C=O) groups excluding carboxylic acids is 1. The molecular formula is C17H17FN2O3. The first-order valence-electron chi connectivity index (χ1n) is 7.48. The second kappa shape index (κ2) is 7.19. The number of pyridine rings is 1. The molecule has 1 fully saturated rings. The lowest BCUT2D eigenvalue weighted by Gasteiger charge is -2.12. The van der Waals surface area contributed by atoms with E-state index in [-0.39, 0.29) is 11.7 Å². The van der Waals surface area contributed by atoms with E-state index >= 15 is 0 Å². The van der Waals surface area contributed by atoms with Crippen molar-refractivity contribution < 1.29 is 18.7 Å². The number of rotatable bonds is 5. The van der Waals surface area contributed by atoms with E-state index in [0.717, 1.165) is 25.6 Å². The van der Waals surface area contributed by atoms with Gasteiger partial charge in [0.25, 0.3) is 5.91 Å². The number of hydrogen-bond acceptors (Lipinski definition) is 4. The van der Waals surface area contributed by atoms with E-state index in [1.54, 1.807) is 24.3 Å². The second-order valence-corrected chi connectivity index (χ2v) is 5.28. The van der Waals surface area contributed by atoms with E-state index in [4.69, 9.17) is 9.47 Å². The summed E-state index contributed by atoms with van der Waals surface area (Å²) < 4.78 is 24.6. The van der Waals surface area contributed by atoms with Crippen LogP contribution < -0.4 is 10.1 Å². The molecular weight excluding hydrogens is 299 g/mol. The minimum atomic E-state index is -0.651. The van der Waals surface area contributed by atoms with Crippen LogP contribution in [0.1, 0.15) is 23.2 Å². The van der Waals surface area contributed by atoms with Gasteiger partial charge in [-0.1, -0.05) is 0 Å². The molecule has 3 rings (SSSR count). The van der Waals surface area contributed by atoms with Crippen LogP contribution in [0.25, 0.3) is 0 Å². The lowest BCUT2D eigenvalue weighted by atomic mass is 10.2. The van der Waals surface area contributed by atoms with Gasteiger partial charge in [0.2, 0.25) is 0 Å². The van der Waals surface area contributed by atoms with Crippen LogP contribution in [0.4, 0.5) is 10.1 Å². The van der Waals surface area contributed by atoms with Gasteiger partial charge in [0, 0.05) is 18.5 Å². The van der Waals surface area contributed by atoms with Gasteiger partial charge in [-0.05, 0) is 43.2 Å². The van der Waals surface area contributed by atoms with Crippen LogP contribution in [-0.2, 0) is 4.74 Å². The summed E-state index contributed by atoms with van der Waals surface area (Å²) in [5.41, 5.74) is 0.523. The largest absolute Gasteiger partial charge is 0.491 e. The molecule has 1 amide bonds. The maximum absolute atomic E-state index is 13.5. The van der Waals surface area contributed by atoms with Crippen LogP contribution in [0.15, 0.2) is 42.7 Å². The molecule has 6 heteroatoms. The molecule has 120 valence electrons. The Morgan fingerprint density at radius 2 is 2.17 bits per heavy atom. The second-order valence-electron chi connectivity index (χ2n) is 5.28. The summed E-state index contributed by atoms with van der Waals surface area (Å²) in [6.45, 7) is 1.32. The van der Waals surface area contributed by atoms with Crippen molar-refractivity contribution in [3.8, 4) is 5.75 Å². The van der Waals surface area contributed by atoms with Crippen LogP contribution in [0.5, 0.6) is 5.75 Å². The first-order valence-corrected chi connectivity index (χ1v) is 7.48. The molecule has 1 aliphatic heterocycles. The van der Waals surface area contributed by atoms with Crippen LogP contribution >= 0.6 is 0 Å². The Bertz CT molecular complexity index is 670. The highest BCUT2D eigenvalue weighted by atomic mass is 19.1. The smallest absolute Gasteiger partial charge is 0.258 e. The van der Waals surface area contributed by atoms with Crippen molar-refractivity contribution in [2.45, 2.75) is 18.9 Å². The van der Waals surface area contributed by atoms with Gasteiger partial charge in [-0.2, -0.15) is 0 Å². The van der Waals surface area contributed by atoms with Gasteiger partial charge in [-0.3, -0.25) is 9.78 Å². The number of halogens is 1. The zero-order chi connectivity index (χ0) is 16.1. The van der Waals surface area contributed by atoms with Gasteiger partial charge in [0.1, 0.15) is 12.4 Å². The summed E-state index contributed by atoms with van der Waals surface area (Å²) >= 11 is 0. The molecule has 0 radical (unpaired) electrons. The zero-order valence-electron chi connectivity index (χ0n) is 12.5. The normalized spacial score (nSPS) is 17.0. The highest BCUT2D eigenvalue weighted by Gasteiger charge is 2.16. The molecule has 1 saturated heterocycles. The molecule has 1 unspecified atom stereocenters. The fourth-order valence-corrected chi connectivity index (χ4v) is 2.36. The molecule has 23 heavy (non-hydrogen) atoms. The lowest BCUT2D eigenvalue weighted by molar-refractivity contribution is 0.0679. The Balaban J connectivity index is 1.56. The van der Waals surface area contributed by atoms with Gasteiger partial charge in [-0.25, -0.2) is 4.39 Å². The maximum atomic E-state index is 13.5. The van der Waals surface area contributed by atoms with Crippen LogP contribution in [0, 0.1) is 5.82 Å². The number of aromatic nitrogens is 1. The maximum Gasteiger partial charge on any atom is 0.258 e. The summed E-state index contributed by atoms with van der Waals surface area (Å²) in [6, 6.07) is 8.27. The third-order valence-corrected chi connectivity index (χ3v) is 3.59. The standard InChI is InChI=1S/C17H17FN2O3/c18-16-10-19-8-7-15(16)17(21)20-12-3-5-13(6-4-12)23-11-14-2-1-9-22-14/h3-8,10,14H,1-2,9,11H2,(H,20,21). The van der Waals surface area contributed by atoms with Gasteiger partial charge in [0.05, 0.1) is 17.9 Å². The molecule has 0 saturated carbocycles. The highest BCUT2D eigenvalue weighted by Crippen LogP contribution is 2.19. The molecule has 0 bridgehead atoms. The van der Waals surface area contributed by atoms with Gasteiger partial charge >= 0.3 is 0 Å². The fourth-order valence-electron chi connectivity index (χ4n) is 2.36. The number of nitrogens with one attached hydrogen (secondary N) is 1. The lowest BCUT2D eigenvalue weighted by Crippen LogP contribution is -2.16. The van der Waals surface area contributed by atoms with Gasteiger partial charge in [-0.15, -0.1) is 0 Å². The zero-order valence-corrected chi connectivity index (χ0v) is 12.5. The minimum Gasteiger partial charge on any atom is -0.491 e. The number of amides is 1. The predicted molar refractivity (Wildman–Crippen MR) is 83.1 cm³/mol. The quantitative estimate of drug-likeness (QED) is 0.921. The van der Waals surface area contributed by atoms with Crippen molar-refractivity contribution in [1.82, 2.24) is 4.98 Å². The third kappa shape index (κ3) is 4.04. The molecule has 5 nitrogen and oxygen atoms in total. The minimum absolute atomic E-state index is 0.0429. The van der Waals surface area contributed by atoms with E-state index in [1.165, 1.54) is 12.3 Å². The summed E-state index contributed by atoms with van der Waals surface area (Å²) in [5, 5.41) is 2.64. The number of carbonyl (C=O) groups is 1. The summed E-state index contributed by atoms with van der Waals surface area (Å²) in [7, 11) is 0. The Morgan fingerprint density at radius 3 is 2.87 bits per heavy atom. The molecule has 1 N–H and O–H groups in total. The third-order valence-electron chi connectivity index (χ3n) is 3.59. The number of nitrogens with zero attached hydrogens (tertiary/aromatic N) is 1. The topological polar surface area (TPSA) is 60.5 Å². The van der Waals surface area contributed by atoms with Crippen molar-refractivity contribution >= 4 is 11.6 Å². The fraction of sp³-hybridized carbons (Fsp3) is 0.294. The van der Waals surface area contributed by atoms with E-state index in [1.807, 2.05) is 0 Å². The molecule has 2 aromatic rings. The average molecular weight is 316 g/mol. The molecule has 1 aromatic heterocycles. The van der Waals surface area contributed by atoms with Crippen molar-refractivity contribution in [2.75, 3.05) is 18.5 Å². The number of hydrogen-bond donors (Lipinski definition) is 1. The van der Waals surface area contributed by atoms with Crippen molar-refractivity contribution in [3.63, 3.8) is 0 Å². The average Bonchev–Trinajstić information content (AvgIpc) is 3.08. The molecule has 0 spiro atoms. The van der Waals surface area contributed by atoms with Crippen LogP contribution in [-0.4, -0.2) is 30.2 Å². The van der Waals surface area contributed by atoms with Crippen molar-refractivity contribution in [1.29, 1.82) is 0 Å². The van der Waals surface area contributed by atoms with Gasteiger partial charge in [0.15, 0.2) is 5.82 Å². The van der Waals surface area contributed by atoms with Gasteiger partial charge < -0.3 is 14.8 Å². The van der Waals surface area contributed by atoms with E-state index < -0.39 is 11.7 Å². The summed E-state index contributed by atoms with van der Waals surface area (Å²) in [6.07, 6.45) is 4.64. The van der Waals surface area contributed by atoms with Crippen molar-refractivity contribution in [3.05, 3.63) is 54.1 Å². The Kier molecular flexibility index (Phi) is 4.83. The molecule has 1 aliphatic rings. The molecule has 1 aromatic carbocycles. The van der Waals surface area contributed by atoms with E-state index in [0.29, 0.717) is 18.0 Å². The number of anilines is 1. The SMILES string of the molecule is O=C(Nc1ccc(OCC2CCCO2)cc1)c1ccncc1F. The Hall–Kier alpha value is -2.47. The number of ether oxygens (including phenoxy) is 2. The van der Waals surface area contributed by atoms with Crippen LogP contribution in [0.3, 0.4) is 0 Å². The molecule has 0 aliphatic carbocycles. The van der Waals surface area contributed by atoms with Crippen LogP contribution in [0.2, 0.25) is 0 Å². The first kappa shape index (κ1) is 15.4. The molecule has 2 heterocycles. The summed E-state index contributed by atoms with van der Waals surface area (Å²) in [4.78, 5) is 15.6.